The second-order valence-corrected chi connectivity index (χ2v) is 10.3. The lowest BCUT2D eigenvalue weighted by atomic mass is 9.97. The van der Waals surface area contributed by atoms with Crippen LogP contribution >= 0.6 is 35.3 Å². The molecular weight excluding hydrogens is 525 g/mol. The molecule has 31 heavy (non-hydrogen) atoms. The quantitative estimate of drug-likeness (QED) is 0.325. The van der Waals surface area contributed by atoms with Gasteiger partial charge in [0.2, 0.25) is 0 Å². The Hall–Kier alpha value is -1.07. The number of hydrogen-bond donors (Lipinski definition) is 2. The first-order valence-corrected chi connectivity index (χ1v) is 11.9. The zero-order chi connectivity index (χ0) is 21.6. The van der Waals surface area contributed by atoms with Gasteiger partial charge in [-0.25, -0.2) is 4.79 Å². The summed E-state index contributed by atoms with van der Waals surface area (Å²) in [5.74, 6) is 1.61. The number of nitrogens with zero attached hydrogens (tertiary/aromatic N) is 3. The molecule has 7 nitrogen and oxygen atoms in total. The van der Waals surface area contributed by atoms with Gasteiger partial charge in [-0.1, -0.05) is 6.07 Å². The van der Waals surface area contributed by atoms with Crippen LogP contribution in [0.3, 0.4) is 0 Å². The summed E-state index contributed by atoms with van der Waals surface area (Å²) in [5, 5.41) is 8.71. The molecular formula is C22H38IN5O2S. The lowest BCUT2D eigenvalue weighted by Crippen LogP contribution is -2.46. The van der Waals surface area contributed by atoms with Crippen LogP contribution in [0.2, 0.25) is 0 Å². The smallest absolute Gasteiger partial charge is 0.407 e. The average Bonchev–Trinajstić information content (AvgIpc) is 3.34. The van der Waals surface area contributed by atoms with Crippen LogP contribution in [0.5, 0.6) is 0 Å². The van der Waals surface area contributed by atoms with Crippen LogP contribution < -0.4 is 10.6 Å². The zero-order valence-electron chi connectivity index (χ0n) is 19.2. The number of ether oxygens (including phenoxy) is 1. The summed E-state index contributed by atoms with van der Waals surface area (Å²) in [7, 11) is 1.83. The minimum absolute atomic E-state index is 0. The Morgan fingerprint density at radius 1 is 1.26 bits per heavy atom. The van der Waals surface area contributed by atoms with E-state index in [1.54, 1.807) is 0 Å². The monoisotopic (exact) mass is 563 g/mol. The molecule has 1 amide bonds. The number of amides is 1. The molecule has 3 heterocycles. The third kappa shape index (κ3) is 8.76. The molecule has 0 aromatic carbocycles. The maximum absolute atomic E-state index is 12.0. The van der Waals surface area contributed by atoms with Gasteiger partial charge < -0.3 is 20.3 Å². The van der Waals surface area contributed by atoms with Gasteiger partial charge in [-0.05, 0) is 70.5 Å². The number of halogens is 1. The van der Waals surface area contributed by atoms with Gasteiger partial charge in [-0.2, -0.15) is 0 Å². The Labute approximate surface area is 208 Å². The summed E-state index contributed by atoms with van der Waals surface area (Å²) in [4.78, 5) is 22.7. The third-order valence-electron chi connectivity index (χ3n) is 5.64. The fourth-order valence-electron chi connectivity index (χ4n) is 4.08. The Balaban J connectivity index is 0.00000341. The summed E-state index contributed by atoms with van der Waals surface area (Å²) in [6.07, 6.45) is 3.00. The summed E-state index contributed by atoms with van der Waals surface area (Å²) in [6.45, 7) is 11.7. The van der Waals surface area contributed by atoms with E-state index in [2.05, 4.69) is 42.9 Å². The van der Waals surface area contributed by atoms with Crippen LogP contribution in [-0.2, 0) is 11.3 Å². The molecule has 1 unspecified atom stereocenters. The minimum Gasteiger partial charge on any atom is -0.444 e. The van der Waals surface area contributed by atoms with E-state index in [4.69, 9.17) is 4.74 Å². The van der Waals surface area contributed by atoms with E-state index in [1.165, 1.54) is 17.7 Å². The van der Waals surface area contributed by atoms with Crippen LogP contribution in [0, 0.1) is 5.92 Å². The lowest BCUT2D eigenvalue weighted by molar-refractivity contribution is 0.0507. The lowest BCUT2D eigenvalue weighted by Gasteiger charge is -2.32. The van der Waals surface area contributed by atoms with Gasteiger partial charge in [0, 0.05) is 38.1 Å². The number of guanidine groups is 1. The highest BCUT2D eigenvalue weighted by molar-refractivity contribution is 14.0. The first-order valence-electron chi connectivity index (χ1n) is 11.0. The second kappa shape index (κ2) is 12.2. The van der Waals surface area contributed by atoms with Crippen molar-refractivity contribution in [1.82, 2.24) is 20.4 Å². The Kier molecular flexibility index (Phi) is 10.3. The number of nitrogens with one attached hydrogen (secondary N) is 2. The van der Waals surface area contributed by atoms with Crippen molar-refractivity contribution in [2.45, 2.75) is 58.2 Å². The molecule has 2 aliphatic rings. The second-order valence-electron chi connectivity index (χ2n) is 9.30. The van der Waals surface area contributed by atoms with Gasteiger partial charge in [0.15, 0.2) is 5.96 Å². The molecule has 176 valence electrons. The van der Waals surface area contributed by atoms with Gasteiger partial charge >= 0.3 is 6.09 Å². The van der Waals surface area contributed by atoms with Crippen molar-refractivity contribution in [3.63, 3.8) is 0 Å². The average molecular weight is 564 g/mol. The summed E-state index contributed by atoms with van der Waals surface area (Å²) < 4.78 is 5.37. The molecule has 0 spiro atoms. The molecule has 0 radical (unpaired) electrons. The van der Waals surface area contributed by atoms with E-state index in [9.17, 15) is 4.79 Å². The van der Waals surface area contributed by atoms with Gasteiger partial charge in [0.1, 0.15) is 5.60 Å². The van der Waals surface area contributed by atoms with Crippen molar-refractivity contribution >= 4 is 47.4 Å². The maximum Gasteiger partial charge on any atom is 0.407 e. The van der Waals surface area contributed by atoms with Crippen LogP contribution in [-0.4, -0.2) is 73.3 Å². The highest BCUT2D eigenvalue weighted by atomic mass is 127. The van der Waals surface area contributed by atoms with Crippen molar-refractivity contribution in [2.24, 2.45) is 10.9 Å². The molecule has 0 bridgehead atoms. The molecule has 0 aliphatic carbocycles. The normalized spacial score (nSPS) is 21.0. The third-order valence-corrected chi connectivity index (χ3v) is 6.50. The Morgan fingerprint density at radius 2 is 2.00 bits per heavy atom. The van der Waals surface area contributed by atoms with E-state index in [0.717, 1.165) is 51.6 Å². The van der Waals surface area contributed by atoms with Gasteiger partial charge in [0.05, 0.1) is 6.04 Å². The minimum atomic E-state index is -0.473. The van der Waals surface area contributed by atoms with Crippen molar-refractivity contribution < 1.29 is 9.53 Å². The number of alkyl carbamates (subject to hydrolysis) is 1. The van der Waals surface area contributed by atoms with E-state index in [0.29, 0.717) is 5.92 Å². The first-order chi connectivity index (χ1) is 14.3. The maximum atomic E-state index is 12.0. The number of rotatable bonds is 5. The highest BCUT2D eigenvalue weighted by Gasteiger charge is 2.28. The number of aliphatic imine (C=N–C) groups is 1. The predicted octanol–water partition coefficient (Wildman–Crippen LogP) is 3.75. The number of carbonyl (C=O) groups is 1. The summed E-state index contributed by atoms with van der Waals surface area (Å²) in [6, 6.07) is 4.45. The molecule has 1 aromatic heterocycles. The fourth-order valence-corrected chi connectivity index (χ4v) is 4.83. The Morgan fingerprint density at radius 3 is 2.61 bits per heavy atom. The van der Waals surface area contributed by atoms with E-state index >= 15 is 0 Å². The topological polar surface area (TPSA) is 69.2 Å². The molecule has 2 fully saturated rings. The van der Waals surface area contributed by atoms with Crippen LogP contribution in [0.25, 0.3) is 0 Å². The number of likely N-dealkylation sites (tertiary alicyclic amines) is 2. The number of carbonyl (C=O) groups excluding carboxylic acids is 1. The van der Waals surface area contributed by atoms with Gasteiger partial charge in [-0.3, -0.25) is 9.89 Å². The first kappa shape index (κ1) is 26.2. The van der Waals surface area contributed by atoms with Crippen LogP contribution in [0.15, 0.2) is 22.5 Å². The van der Waals surface area contributed by atoms with E-state index in [-0.39, 0.29) is 36.1 Å². The van der Waals surface area contributed by atoms with Crippen molar-refractivity contribution in [1.29, 1.82) is 0 Å². The zero-order valence-corrected chi connectivity index (χ0v) is 22.4. The van der Waals surface area contributed by atoms with Crippen LogP contribution in [0.1, 0.15) is 44.9 Å². The SMILES string of the molecule is CN=C(NCC1CCN(Cc2cccs2)CC1)N1CCC(NC(=O)OC(C)(C)C)C1.I. The molecule has 2 N–H and O–H groups in total. The molecule has 0 saturated carbocycles. The van der Waals surface area contributed by atoms with Crippen molar-refractivity contribution in [2.75, 3.05) is 39.8 Å². The number of hydrogen-bond acceptors (Lipinski definition) is 5. The molecule has 9 heteroatoms. The largest absolute Gasteiger partial charge is 0.444 e. The molecule has 1 atom stereocenters. The van der Waals surface area contributed by atoms with Crippen LogP contribution in [0.4, 0.5) is 4.79 Å². The summed E-state index contributed by atoms with van der Waals surface area (Å²) >= 11 is 1.85. The number of piperidine rings is 1. The standard InChI is InChI=1S/C22H37N5O2S.HI/c1-22(2,3)29-21(28)25-18-9-12-27(15-18)20(23-4)24-14-17-7-10-26(11-8-17)16-19-6-5-13-30-19;/h5-6,13,17-18H,7-12,14-16H2,1-4H3,(H,23,24)(H,25,28);1H. The number of thiophene rings is 1. The van der Waals surface area contributed by atoms with Gasteiger partial charge in [-0.15, -0.1) is 35.3 Å². The molecule has 3 rings (SSSR count). The Bertz CT molecular complexity index is 699. The highest BCUT2D eigenvalue weighted by Crippen LogP contribution is 2.20. The van der Waals surface area contributed by atoms with Gasteiger partial charge in [0.25, 0.3) is 0 Å². The van der Waals surface area contributed by atoms with Crippen molar-refractivity contribution in [3.8, 4) is 0 Å². The van der Waals surface area contributed by atoms with E-state index < -0.39 is 5.60 Å². The molecule has 2 aliphatic heterocycles. The van der Waals surface area contributed by atoms with Crippen molar-refractivity contribution in [3.05, 3.63) is 22.4 Å². The molecule has 1 aromatic rings. The fraction of sp³-hybridized carbons (Fsp3) is 0.727. The predicted molar refractivity (Wildman–Crippen MR) is 138 cm³/mol. The summed E-state index contributed by atoms with van der Waals surface area (Å²) in [5.41, 5.74) is -0.473. The van der Waals surface area contributed by atoms with E-state index in [1.807, 2.05) is 39.2 Å². The molecule has 2 saturated heterocycles.